The van der Waals surface area contributed by atoms with E-state index in [4.69, 9.17) is 0 Å². The third-order valence-electron chi connectivity index (χ3n) is 6.01. The molecule has 1 N–H and O–H groups in total. The molecule has 3 heterocycles. The number of fused-ring (bicyclic) bond motifs is 1. The standard InChI is InChI=1S/C23H30N4O2/c1-18-17-24(2)21-5-3-11-27(23(29)22(18)21)12-4-10-25-13-15-26(16-14-25)19-6-8-20(28)9-7-19/h3,5-9,17,28H,4,10-16H2,1-2H3. The number of hydrogen-bond acceptors (Lipinski definition) is 4. The van der Waals surface area contributed by atoms with Crippen LogP contribution in [0.5, 0.6) is 5.75 Å². The van der Waals surface area contributed by atoms with E-state index < -0.39 is 0 Å². The first-order chi connectivity index (χ1) is 14.0. The first kappa shape index (κ1) is 19.6. The molecule has 6 nitrogen and oxygen atoms in total. The van der Waals surface area contributed by atoms with Crippen LogP contribution in [-0.4, -0.2) is 71.2 Å². The fourth-order valence-corrected chi connectivity index (χ4v) is 4.39. The Hall–Kier alpha value is -2.73. The first-order valence-electron chi connectivity index (χ1n) is 10.4. The second-order valence-corrected chi connectivity index (χ2v) is 8.04. The molecule has 1 aromatic heterocycles. The number of aromatic hydroxyl groups is 1. The molecule has 0 radical (unpaired) electrons. The summed E-state index contributed by atoms with van der Waals surface area (Å²) in [5.41, 5.74) is 4.08. The quantitative estimate of drug-likeness (QED) is 0.847. The summed E-state index contributed by atoms with van der Waals surface area (Å²) >= 11 is 0. The van der Waals surface area contributed by atoms with Crippen LogP contribution < -0.4 is 4.90 Å². The Kier molecular flexibility index (Phi) is 5.62. The van der Waals surface area contributed by atoms with Gasteiger partial charge in [-0.25, -0.2) is 0 Å². The largest absolute Gasteiger partial charge is 0.508 e. The Labute approximate surface area is 172 Å². The number of aryl methyl sites for hydroxylation is 2. The maximum absolute atomic E-state index is 13.0. The number of carbonyl (C=O) groups excluding carboxylic acids is 1. The zero-order valence-corrected chi connectivity index (χ0v) is 17.3. The molecule has 1 saturated heterocycles. The van der Waals surface area contributed by atoms with Gasteiger partial charge in [0.2, 0.25) is 0 Å². The van der Waals surface area contributed by atoms with Crippen molar-refractivity contribution in [2.75, 3.05) is 50.7 Å². The SMILES string of the molecule is Cc1cn(C)c2c1C(=O)N(CCCN1CCN(c3ccc(O)cc3)CC1)CC=C2. The van der Waals surface area contributed by atoms with Gasteiger partial charge in [-0.2, -0.15) is 0 Å². The molecule has 6 heteroatoms. The van der Waals surface area contributed by atoms with Gasteiger partial charge in [0.25, 0.3) is 5.91 Å². The normalized spacial score (nSPS) is 17.5. The molecule has 0 unspecified atom stereocenters. The van der Waals surface area contributed by atoms with Crippen LogP contribution in [0, 0.1) is 6.92 Å². The number of nitrogens with zero attached hydrogens (tertiary/aromatic N) is 4. The summed E-state index contributed by atoms with van der Waals surface area (Å²) in [6.07, 6.45) is 7.19. The molecule has 4 rings (SSSR count). The lowest BCUT2D eigenvalue weighted by atomic mass is 10.1. The van der Waals surface area contributed by atoms with Gasteiger partial charge in [-0.05, 0) is 55.8 Å². The van der Waals surface area contributed by atoms with Crippen molar-refractivity contribution in [3.8, 4) is 5.75 Å². The molecule has 2 aliphatic rings. The van der Waals surface area contributed by atoms with Gasteiger partial charge in [0.15, 0.2) is 0 Å². The number of rotatable bonds is 5. The Morgan fingerprint density at radius 3 is 2.48 bits per heavy atom. The van der Waals surface area contributed by atoms with E-state index >= 15 is 0 Å². The van der Waals surface area contributed by atoms with Crippen molar-refractivity contribution >= 4 is 17.7 Å². The van der Waals surface area contributed by atoms with E-state index in [2.05, 4.69) is 22.0 Å². The summed E-state index contributed by atoms with van der Waals surface area (Å²) in [6.45, 7) is 8.52. The lowest BCUT2D eigenvalue weighted by Crippen LogP contribution is -2.47. The number of phenols is 1. The maximum atomic E-state index is 13.0. The van der Waals surface area contributed by atoms with E-state index in [-0.39, 0.29) is 5.91 Å². The molecule has 29 heavy (non-hydrogen) atoms. The molecule has 154 valence electrons. The van der Waals surface area contributed by atoms with Gasteiger partial charge in [-0.3, -0.25) is 9.69 Å². The molecule has 0 spiro atoms. The van der Waals surface area contributed by atoms with E-state index in [9.17, 15) is 9.90 Å². The molecular weight excluding hydrogens is 364 g/mol. The number of benzene rings is 1. The van der Waals surface area contributed by atoms with Gasteiger partial charge in [0.1, 0.15) is 5.75 Å². The average molecular weight is 395 g/mol. The topological polar surface area (TPSA) is 52.0 Å². The summed E-state index contributed by atoms with van der Waals surface area (Å²) in [4.78, 5) is 19.8. The van der Waals surface area contributed by atoms with Crippen LogP contribution in [0.25, 0.3) is 6.08 Å². The average Bonchev–Trinajstić information content (AvgIpc) is 2.89. The van der Waals surface area contributed by atoms with Crippen LogP contribution in [0.3, 0.4) is 0 Å². The van der Waals surface area contributed by atoms with Gasteiger partial charge in [-0.1, -0.05) is 6.08 Å². The Balaban J connectivity index is 1.27. The number of aromatic nitrogens is 1. The van der Waals surface area contributed by atoms with E-state index in [0.717, 1.165) is 62.5 Å². The molecule has 1 amide bonds. The predicted molar refractivity (Wildman–Crippen MR) is 116 cm³/mol. The van der Waals surface area contributed by atoms with E-state index in [0.29, 0.717) is 12.3 Å². The van der Waals surface area contributed by atoms with Gasteiger partial charge in [0, 0.05) is 58.2 Å². The van der Waals surface area contributed by atoms with Crippen molar-refractivity contribution in [3.05, 3.63) is 53.4 Å². The highest BCUT2D eigenvalue weighted by atomic mass is 16.3. The number of amides is 1. The minimum absolute atomic E-state index is 0.153. The van der Waals surface area contributed by atoms with Crippen LogP contribution >= 0.6 is 0 Å². The fraction of sp³-hybridized carbons (Fsp3) is 0.435. The Bertz CT molecular complexity index is 892. The van der Waals surface area contributed by atoms with Crippen molar-refractivity contribution in [2.45, 2.75) is 13.3 Å². The molecule has 0 atom stereocenters. The molecule has 1 aromatic carbocycles. The third-order valence-corrected chi connectivity index (χ3v) is 6.01. The molecule has 0 saturated carbocycles. The van der Waals surface area contributed by atoms with Crippen LogP contribution in [0.2, 0.25) is 0 Å². The molecule has 0 bridgehead atoms. The van der Waals surface area contributed by atoms with Gasteiger partial charge in [-0.15, -0.1) is 0 Å². The van der Waals surface area contributed by atoms with E-state index in [1.807, 2.05) is 41.8 Å². The highest BCUT2D eigenvalue weighted by Crippen LogP contribution is 2.23. The van der Waals surface area contributed by atoms with Gasteiger partial charge in [0.05, 0.1) is 11.3 Å². The van der Waals surface area contributed by atoms with Crippen molar-refractivity contribution < 1.29 is 9.90 Å². The Morgan fingerprint density at radius 1 is 1.03 bits per heavy atom. The van der Waals surface area contributed by atoms with Crippen LogP contribution in [-0.2, 0) is 7.05 Å². The van der Waals surface area contributed by atoms with E-state index in [1.165, 1.54) is 5.69 Å². The summed E-state index contributed by atoms with van der Waals surface area (Å²) in [6, 6.07) is 7.44. The lowest BCUT2D eigenvalue weighted by molar-refractivity contribution is 0.0767. The molecule has 1 fully saturated rings. The smallest absolute Gasteiger partial charge is 0.256 e. The van der Waals surface area contributed by atoms with Crippen molar-refractivity contribution in [2.24, 2.45) is 7.05 Å². The highest BCUT2D eigenvalue weighted by Gasteiger charge is 2.24. The Morgan fingerprint density at radius 2 is 1.76 bits per heavy atom. The maximum Gasteiger partial charge on any atom is 0.256 e. The number of carbonyl (C=O) groups is 1. The monoisotopic (exact) mass is 394 g/mol. The van der Waals surface area contributed by atoms with Crippen LogP contribution in [0.15, 0.2) is 36.5 Å². The van der Waals surface area contributed by atoms with Gasteiger partial charge >= 0.3 is 0 Å². The number of anilines is 1. The second kappa shape index (κ2) is 8.33. The summed E-state index contributed by atoms with van der Waals surface area (Å²) in [5, 5.41) is 9.45. The minimum Gasteiger partial charge on any atom is -0.508 e. The first-order valence-corrected chi connectivity index (χ1v) is 10.4. The highest BCUT2D eigenvalue weighted by molar-refractivity contribution is 5.99. The van der Waals surface area contributed by atoms with Crippen molar-refractivity contribution in [3.63, 3.8) is 0 Å². The van der Waals surface area contributed by atoms with E-state index in [1.54, 1.807) is 12.1 Å². The molecular formula is C23H30N4O2. The summed E-state index contributed by atoms with van der Waals surface area (Å²) < 4.78 is 2.04. The summed E-state index contributed by atoms with van der Waals surface area (Å²) in [7, 11) is 2.00. The number of phenolic OH excluding ortho intramolecular Hbond substituents is 1. The van der Waals surface area contributed by atoms with Crippen LogP contribution in [0.1, 0.15) is 28.0 Å². The van der Waals surface area contributed by atoms with Crippen molar-refractivity contribution in [1.29, 1.82) is 0 Å². The number of piperazine rings is 1. The number of hydrogen-bond donors (Lipinski definition) is 1. The predicted octanol–water partition coefficient (Wildman–Crippen LogP) is 2.72. The zero-order chi connectivity index (χ0) is 20.4. The fourth-order valence-electron chi connectivity index (χ4n) is 4.39. The molecule has 2 aliphatic heterocycles. The lowest BCUT2D eigenvalue weighted by Gasteiger charge is -2.36. The zero-order valence-electron chi connectivity index (χ0n) is 17.3. The summed E-state index contributed by atoms with van der Waals surface area (Å²) in [5.74, 6) is 0.461. The third kappa shape index (κ3) is 4.17. The van der Waals surface area contributed by atoms with Crippen molar-refractivity contribution in [1.82, 2.24) is 14.4 Å². The molecule has 0 aliphatic carbocycles. The minimum atomic E-state index is 0.153. The van der Waals surface area contributed by atoms with Crippen LogP contribution in [0.4, 0.5) is 5.69 Å². The van der Waals surface area contributed by atoms with Gasteiger partial charge < -0.3 is 19.5 Å². The second-order valence-electron chi connectivity index (χ2n) is 8.04. The molecule has 2 aromatic rings.